The van der Waals surface area contributed by atoms with Crippen molar-refractivity contribution in [1.82, 2.24) is 5.32 Å². The maximum atomic E-state index is 12.2. The van der Waals surface area contributed by atoms with Gasteiger partial charge in [-0.25, -0.2) is 0 Å². The van der Waals surface area contributed by atoms with Gasteiger partial charge in [-0.1, -0.05) is 24.6 Å². The standard InChI is InChI=1S/C15H21NO2/c1-11(17)13-9-6-10-15(13,2)16-14(18)12-7-4-3-5-8-12/h3-5,7-8,11,13,17H,6,9-10H2,1-2H3,(H,16,18)/t11-,13+,15-/m1/s1. The van der Waals surface area contributed by atoms with E-state index in [9.17, 15) is 9.90 Å². The maximum Gasteiger partial charge on any atom is 0.251 e. The number of nitrogens with one attached hydrogen (secondary N) is 1. The summed E-state index contributed by atoms with van der Waals surface area (Å²) in [4.78, 5) is 12.2. The number of benzene rings is 1. The predicted molar refractivity (Wildman–Crippen MR) is 71.3 cm³/mol. The van der Waals surface area contributed by atoms with Crippen molar-refractivity contribution in [3.63, 3.8) is 0 Å². The highest BCUT2D eigenvalue weighted by Crippen LogP contribution is 2.37. The van der Waals surface area contributed by atoms with Crippen molar-refractivity contribution in [3.8, 4) is 0 Å². The minimum atomic E-state index is -0.381. The van der Waals surface area contributed by atoms with Crippen LogP contribution < -0.4 is 5.32 Å². The summed E-state index contributed by atoms with van der Waals surface area (Å²) in [6.45, 7) is 3.85. The first-order chi connectivity index (χ1) is 8.53. The lowest BCUT2D eigenvalue weighted by atomic mass is 9.85. The van der Waals surface area contributed by atoms with Crippen LogP contribution in [0.2, 0.25) is 0 Å². The average molecular weight is 247 g/mol. The molecule has 18 heavy (non-hydrogen) atoms. The zero-order valence-electron chi connectivity index (χ0n) is 11.0. The van der Waals surface area contributed by atoms with Crippen molar-refractivity contribution in [2.75, 3.05) is 0 Å². The van der Waals surface area contributed by atoms with Gasteiger partial charge in [-0.3, -0.25) is 4.79 Å². The highest BCUT2D eigenvalue weighted by molar-refractivity contribution is 5.94. The molecule has 1 fully saturated rings. The molecular formula is C15H21NO2. The first-order valence-corrected chi connectivity index (χ1v) is 6.58. The zero-order chi connectivity index (χ0) is 13.2. The van der Waals surface area contributed by atoms with Gasteiger partial charge in [0, 0.05) is 17.0 Å². The van der Waals surface area contributed by atoms with Gasteiger partial charge in [0.1, 0.15) is 0 Å². The smallest absolute Gasteiger partial charge is 0.251 e. The van der Waals surface area contributed by atoms with Crippen molar-refractivity contribution in [2.45, 2.75) is 44.8 Å². The van der Waals surface area contributed by atoms with E-state index in [4.69, 9.17) is 0 Å². The third kappa shape index (κ3) is 2.56. The third-order valence-corrected chi connectivity index (χ3v) is 4.05. The van der Waals surface area contributed by atoms with E-state index in [0.29, 0.717) is 5.56 Å². The van der Waals surface area contributed by atoms with Crippen molar-refractivity contribution in [3.05, 3.63) is 35.9 Å². The van der Waals surface area contributed by atoms with Gasteiger partial charge in [0.15, 0.2) is 0 Å². The number of aliphatic hydroxyl groups is 1. The Hall–Kier alpha value is -1.35. The summed E-state index contributed by atoms with van der Waals surface area (Å²) < 4.78 is 0. The van der Waals surface area contributed by atoms with Gasteiger partial charge < -0.3 is 10.4 Å². The second-order valence-corrected chi connectivity index (χ2v) is 5.48. The Labute approximate surface area is 108 Å². The highest BCUT2D eigenvalue weighted by Gasteiger charge is 2.42. The molecule has 2 rings (SSSR count). The molecule has 3 heteroatoms. The summed E-state index contributed by atoms with van der Waals surface area (Å²) in [5, 5.41) is 12.9. The molecule has 1 aromatic rings. The van der Waals surface area contributed by atoms with Crippen LogP contribution in [-0.2, 0) is 0 Å². The topological polar surface area (TPSA) is 49.3 Å². The summed E-state index contributed by atoms with van der Waals surface area (Å²) in [6, 6.07) is 9.23. The van der Waals surface area contributed by atoms with Crippen molar-refractivity contribution >= 4 is 5.91 Å². The average Bonchev–Trinajstić information content (AvgIpc) is 2.72. The molecule has 1 saturated carbocycles. The van der Waals surface area contributed by atoms with Gasteiger partial charge in [-0.2, -0.15) is 0 Å². The molecule has 2 N–H and O–H groups in total. The van der Waals surface area contributed by atoms with E-state index in [1.54, 1.807) is 0 Å². The monoisotopic (exact) mass is 247 g/mol. The fourth-order valence-electron chi connectivity index (χ4n) is 3.04. The summed E-state index contributed by atoms with van der Waals surface area (Å²) in [5.74, 6) is 0.0933. The molecule has 1 aliphatic carbocycles. The molecule has 0 aromatic heterocycles. The van der Waals surface area contributed by atoms with Crippen LogP contribution in [0.4, 0.5) is 0 Å². The summed E-state index contributed by atoms with van der Waals surface area (Å²) in [5.41, 5.74) is 0.385. The molecular weight excluding hydrogens is 226 g/mol. The fraction of sp³-hybridized carbons (Fsp3) is 0.533. The largest absolute Gasteiger partial charge is 0.393 e. The van der Waals surface area contributed by atoms with Crippen LogP contribution in [0.5, 0.6) is 0 Å². The Bertz CT molecular complexity index is 416. The van der Waals surface area contributed by atoms with Crippen molar-refractivity contribution in [1.29, 1.82) is 0 Å². The van der Waals surface area contributed by atoms with Crippen molar-refractivity contribution in [2.24, 2.45) is 5.92 Å². The zero-order valence-corrected chi connectivity index (χ0v) is 11.0. The number of rotatable bonds is 3. The molecule has 0 radical (unpaired) electrons. The van der Waals surface area contributed by atoms with Crippen LogP contribution in [0.15, 0.2) is 30.3 Å². The fourth-order valence-corrected chi connectivity index (χ4v) is 3.04. The van der Waals surface area contributed by atoms with Crippen LogP contribution in [0.1, 0.15) is 43.5 Å². The molecule has 1 aromatic carbocycles. The molecule has 98 valence electrons. The van der Waals surface area contributed by atoms with E-state index in [-0.39, 0.29) is 23.5 Å². The predicted octanol–water partition coefficient (Wildman–Crippen LogP) is 2.36. The van der Waals surface area contributed by atoms with E-state index in [1.807, 2.05) is 44.2 Å². The van der Waals surface area contributed by atoms with Gasteiger partial charge >= 0.3 is 0 Å². The molecule has 0 saturated heterocycles. The Kier molecular flexibility index (Phi) is 3.71. The number of aliphatic hydroxyl groups excluding tert-OH is 1. The normalized spacial score (nSPS) is 28.9. The molecule has 0 spiro atoms. The maximum absolute atomic E-state index is 12.2. The summed E-state index contributed by atoms with van der Waals surface area (Å²) in [7, 11) is 0. The highest BCUT2D eigenvalue weighted by atomic mass is 16.3. The quantitative estimate of drug-likeness (QED) is 0.861. The van der Waals surface area contributed by atoms with E-state index in [2.05, 4.69) is 5.32 Å². The number of hydrogen-bond acceptors (Lipinski definition) is 2. The number of amides is 1. The molecule has 0 heterocycles. The van der Waals surface area contributed by atoms with Crippen LogP contribution in [0.3, 0.4) is 0 Å². The minimum absolute atomic E-state index is 0.0503. The minimum Gasteiger partial charge on any atom is -0.393 e. The second-order valence-electron chi connectivity index (χ2n) is 5.48. The molecule has 1 amide bonds. The summed E-state index contributed by atoms with van der Waals surface area (Å²) >= 11 is 0. The SMILES string of the molecule is C[C@@H](O)[C@@H]1CCC[C@@]1(C)NC(=O)c1ccccc1. The summed E-state index contributed by atoms with van der Waals surface area (Å²) in [6.07, 6.45) is 2.58. The molecule has 1 aliphatic rings. The first kappa shape index (κ1) is 13.1. The van der Waals surface area contributed by atoms with E-state index in [0.717, 1.165) is 19.3 Å². The molecule has 3 nitrogen and oxygen atoms in total. The van der Waals surface area contributed by atoms with Crippen LogP contribution in [-0.4, -0.2) is 22.7 Å². The molecule has 0 bridgehead atoms. The Morgan fingerprint density at radius 2 is 2.11 bits per heavy atom. The van der Waals surface area contributed by atoms with Gasteiger partial charge in [0.25, 0.3) is 5.91 Å². The van der Waals surface area contributed by atoms with E-state index in [1.165, 1.54) is 0 Å². The van der Waals surface area contributed by atoms with Crippen LogP contribution in [0, 0.1) is 5.92 Å². The Morgan fingerprint density at radius 3 is 2.72 bits per heavy atom. The number of carbonyl (C=O) groups is 1. The molecule has 3 atom stereocenters. The third-order valence-electron chi connectivity index (χ3n) is 4.05. The Balaban J connectivity index is 2.11. The van der Waals surface area contributed by atoms with Gasteiger partial charge in [0.2, 0.25) is 0 Å². The lowest BCUT2D eigenvalue weighted by Crippen LogP contribution is -2.51. The van der Waals surface area contributed by atoms with Crippen LogP contribution in [0.25, 0.3) is 0 Å². The van der Waals surface area contributed by atoms with Gasteiger partial charge in [-0.15, -0.1) is 0 Å². The molecule has 0 unspecified atom stereocenters. The van der Waals surface area contributed by atoms with Crippen molar-refractivity contribution < 1.29 is 9.90 Å². The van der Waals surface area contributed by atoms with Gasteiger partial charge in [-0.05, 0) is 38.8 Å². The van der Waals surface area contributed by atoms with E-state index >= 15 is 0 Å². The molecule has 0 aliphatic heterocycles. The van der Waals surface area contributed by atoms with Crippen LogP contribution >= 0.6 is 0 Å². The van der Waals surface area contributed by atoms with Gasteiger partial charge in [0.05, 0.1) is 6.10 Å². The lowest BCUT2D eigenvalue weighted by Gasteiger charge is -2.34. The number of hydrogen-bond donors (Lipinski definition) is 2. The Morgan fingerprint density at radius 1 is 1.44 bits per heavy atom. The number of carbonyl (C=O) groups excluding carboxylic acids is 1. The second kappa shape index (κ2) is 5.11. The lowest BCUT2D eigenvalue weighted by molar-refractivity contribution is 0.0672. The van der Waals surface area contributed by atoms with E-state index < -0.39 is 0 Å². The first-order valence-electron chi connectivity index (χ1n) is 6.58.